The standard InChI is InChI=1S/C16H24ClNO3/c1-5-21-15(19)10-16(2,3)9-13(18)12-8-11(17)6-7-14(12)20-4/h6-8,13H,5,9-10,18H2,1-4H3. The molecular weight excluding hydrogens is 290 g/mol. The van der Waals surface area contributed by atoms with E-state index in [2.05, 4.69) is 0 Å². The number of hydrogen-bond donors (Lipinski definition) is 1. The van der Waals surface area contributed by atoms with Crippen LogP contribution in [0.1, 0.15) is 45.2 Å². The molecule has 0 heterocycles. The third kappa shape index (κ3) is 5.56. The fourth-order valence-corrected chi connectivity index (χ4v) is 2.56. The molecule has 1 atom stereocenters. The highest BCUT2D eigenvalue weighted by Gasteiger charge is 2.27. The van der Waals surface area contributed by atoms with Crippen LogP contribution >= 0.6 is 11.6 Å². The quantitative estimate of drug-likeness (QED) is 0.779. The molecule has 21 heavy (non-hydrogen) atoms. The highest BCUT2D eigenvalue weighted by atomic mass is 35.5. The molecule has 0 aromatic heterocycles. The highest BCUT2D eigenvalue weighted by molar-refractivity contribution is 6.30. The lowest BCUT2D eigenvalue weighted by Gasteiger charge is -2.28. The average molecular weight is 314 g/mol. The molecule has 5 heteroatoms. The van der Waals surface area contributed by atoms with Crippen molar-refractivity contribution in [1.82, 2.24) is 0 Å². The third-order valence-corrected chi connectivity index (χ3v) is 3.53. The normalized spacial score (nSPS) is 12.9. The number of hydrogen-bond acceptors (Lipinski definition) is 4. The molecule has 0 saturated heterocycles. The Hall–Kier alpha value is -1.26. The maximum Gasteiger partial charge on any atom is 0.306 e. The van der Waals surface area contributed by atoms with Gasteiger partial charge < -0.3 is 15.2 Å². The van der Waals surface area contributed by atoms with Gasteiger partial charge in [-0.05, 0) is 37.0 Å². The Bertz CT molecular complexity index is 488. The molecule has 1 unspecified atom stereocenters. The van der Waals surface area contributed by atoms with Gasteiger partial charge in [0.1, 0.15) is 5.75 Å². The van der Waals surface area contributed by atoms with E-state index in [4.69, 9.17) is 26.8 Å². The first-order valence-electron chi connectivity index (χ1n) is 7.03. The van der Waals surface area contributed by atoms with Crippen LogP contribution in [0.5, 0.6) is 5.75 Å². The molecule has 0 fully saturated rings. The van der Waals surface area contributed by atoms with Gasteiger partial charge in [0.05, 0.1) is 20.1 Å². The Kier molecular flexibility index (Phi) is 6.49. The Morgan fingerprint density at radius 3 is 2.67 bits per heavy atom. The van der Waals surface area contributed by atoms with Gasteiger partial charge in [-0.1, -0.05) is 25.4 Å². The molecule has 0 aliphatic carbocycles. The largest absolute Gasteiger partial charge is 0.496 e. The Morgan fingerprint density at radius 1 is 1.43 bits per heavy atom. The van der Waals surface area contributed by atoms with Crippen molar-refractivity contribution < 1.29 is 14.3 Å². The summed E-state index contributed by atoms with van der Waals surface area (Å²) in [4.78, 5) is 11.6. The van der Waals surface area contributed by atoms with Crippen molar-refractivity contribution in [2.45, 2.75) is 39.7 Å². The molecular formula is C16H24ClNO3. The van der Waals surface area contributed by atoms with Crippen molar-refractivity contribution in [2.75, 3.05) is 13.7 Å². The molecule has 0 spiro atoms. The van der Waals surface area contributed by atoms with Gasteiger partial charge in [-0.25, -0.2) is 0 Å². The second kappa shape index (κ2) is 7.66. The van der Waals surface area contributed by atoms with Crippen LogP contribution in [0.15, 0.2) is 18.2 Å². The van der Waals surface area contributed by atoms with Crippen LogP contribution in [0.3, 0.4) is 0 Å². The second-order valence-electron chi connectivity index (χ2n) is 5.84. The Labute approximate surface area is 131 Å². The van der Waals surface area contributed by atoms with Crippen molar-refractivity contribution in [2.24, 2.45) is 11.1 Å². The number of carbonyl (C=O) groups is 1. The first-order chi connectivity index (χ1) is 9.79. The lowest BCUT2D eigenvalue weighted by molar-refractivity contribution is -0.145. The number of esters is 1. The van der Waals surface area contributed by atoms with Crippen LogP contribution in [0.4, 0.5) is 0 Å². The minimum atomic E-state index is -0.265. The van der Waals surface area contributed by atoms with E-state index in [-0.39, 0.29) is 17.4 Å². The van der Waals surface area contributed by atoms with E-state index < -0.39 is 0 Å². The SMILES string of the molecule is CCOC(=O)CC(C)(C)CC(N)c1cc(Cl)ccc1OC. The van der Waals surface area contributed by atoms with Crippen LogP contribution < -0.4 is 10.5 Å². The fraction of sp³-hybridized carbons (Fsp3) is 0.562. The summed E-state index contributed by atoms with van der Waals surface area (Å²) in [5.41, 5.74) is 6.87. The van der Waals surface area contributed by atoms with E-state index in [0.717, 1.165) is 5.56 Å². The molecule has 0 radical (unpaired) electrons. The third-order valence-electron chi connectivity index (χ3n) is 3.29. The van der Waals surface area contributed by atoms with Crippen molar-refractivity contribution >= 4 is 17.6 Å². The molecule has 1 rings (SSSR count). The number of benzene rings is 1. The van der Waals surface area contributed by atoms with Gasteiger partial charge in [-0.15, -0.1) is 0 Å². The number of halogens is 1. The summed E-state index contributed by atoms with van der Waals surface area (Å²) < 4.78 is 10.3. The summed E-state index contributed by atoms with van der Waals surface area (Å²) in [6.45, 7) is 6.19. The van der Waals surface area contributed by atoms with Gasteiger partial charge in [0, 0.05) is 16.6 Å². The fourth-order valence-electron chi connectivity index (χ4n) is 2.38. The van der Waals surface area contributed by atoms with E-state index in [1.165, 1.54) is 0 Å². The summed E-state index contributed by atoms with van der Waals surface area (Å²) in [5, 5.41) is 0.615. The summed E-state index contributed by atoms with van der Waals surface area (Å²) >= 11 is 6.03. The monoisotopic (exact) mass is 313 g/mol. The zero-order valence-electron chi connectivity index (χ0n) is 13.1. The molecule has 0 amide bonds. The molecule has 1 aromatic rings. The summed E-state index contributed by atoms with van der Waals surface area (Å²) in [7, 11) is 1.60. The predicted octanol–water partition coefficient (Wildman–Crippen LogP) is 3.72. The van der Waals surface area contributed by atoms with E-state index >= 15 is 0 Å². The molecule has 0 aliphatic rings. The lowest BCUT2D eigenvalue weighted by Crippen LogP contribution is -2.25. The van der Waals surface area contributed by atoms with Crippen LogP contribution in [0.2, 0.25) is 5.02 Å². The second-order valence-corrected chi connectivity index (χ2v) is 6.28. The maximum absolute atomic E-state index is 11.6. The number of nitrogens with two attached hydrogens (primary N) is 1. The van der Waals surface area contributed by atoms with E-state index in [0.29, 0.717) is 30.2 Å². The molecule has 1 aromatic carbocycles. The summed E-state index contributed by atoms with van der Waals surface area (Å²) in [6.07, 6.45) is 0.958. The summed E-state index contributed by atoms with van der Waals surface area (Å²) in [6, 6.07) is 5.12. The minimum absolute atomic E-state index is 0.201. The first-order valence-corrected chi connectivity index (χ1v) is 7.41. The summed E-state index contributed by atoms with van der Waals surface area (Å²) in [5.74, 6) is 0.506. The molecule has 0 saturated carbocycles. The van der Waals surface area contributed by atoms with Crippen LogP contribution in [-0.2, 0) is 9.53 Å². The first kappa shape index (κ1) is 17.8. The van der Waals surface area contributed by atoms with Crippen molar-refractivity contribution in [1.29, 1.82) is 0 Å². The van der Waals surface area contributed by atoms with E-state index in [9.17, 15) is 4.79 Å². The Balaban J connectivity index is 2.82. The predicted molar refractivity (Wildman–Crippen MR) is 84.6 cm³/mol. The Morgan fingerprint density at radius 2 is 2.10 bits per heavy atom. The van der Waals surface area contributed by atoms with Gasteiger partial charge in [0.25, 0.3) is 0 Å². The number of ether oxygens (including phenoxy) is 2. The smallest absolute Gasteiger partial charge is 0.306 e. The molecule has 4 nitrogen and oxygen atoms in total. The van der Waals surface area contributed by atoms with Gasteiger partial charge in [-0.2, -0.15) is 0 Å². The van der Waals surface area contributed by atoms with Gasteiger partial charge >= 0.3 is 5.97 Å². The number of carbonyl (C=O) groups excluding carboxylic acids is 1. The number of rotatable bonds is 7. The minimum Gasteiger partial charge on any atom is -0.496 e. The maximum atomic E-state index is 11.6. The van der Waals surface area contributed by atoms with Crippen molar-refractivity contribution in [3.8, 4) is 5.75 Å². The highest BCUT2D eigenvalue weighted by Crippen LogP contribution is 2.36. The molecule has 0 aliphatic heterocycles. The van der Waals surface area contributed by atoms with Crippen LogP contribution in [-0.4, -0.2) is 19.7 Å². The molecule has 118 valence electrons. The van der Waals surface area contributed by atoms with Crippen LogP contribution in [0, 0.1) is 5.41 Å². The topological polar surface area (TPSA) is 61.5 Å². The van der Waals surface area contributed by atoms with Crippen LogP contribution in [0.25, 0.3) is 0 Å². The lowest BCUT2D eigenvalue weighted by atomic mass is 9.81. The molecule has 0 bridgehead atoms. The van der Waals surface area contributed by atoms with Crippen molar-refractivity contribution in [3.05, 3.63) is 28.8 Å². The zero-order valence-corrected chi connectivity index (χ0v) is 13.9. The van der Waals surface area contributed by atoms with E-state index in [1.54, 1.807) is 26.2 Å². The van der Waals surface area contributed by atoms with Gasteiger partial charge in [0.15, 0.2) is 0 Å². The average Bonchev–Trinajstić information content (AvgIpc) is 2.37. The van der Waals surface area contributed by atoms with Gasteiger partial charge in [-0.3, -0.25) is 4.79 Å². The van der Waals surface area contributed by atoms with Gasteiger partial charge in [0.2, 0.25) is 0 Å². The number of methoxy groups -OCH3 is 1. The van der Waals surface area contributed by atoms with Crippen molar-refractivity contribution in [3.63, 3.8) is 0 Å². The zero-order chi connectivity index (χ0) is 16.0. The van der Waals surface area contributed by atoms with E-state index in [1.807, 2.05) is 19.9 Å². The molecule has 2 N–H and O–H groups in total.